The van der Waals surface area contributed by atoms with Crippen LogP contribution in [0.5, 0.6) is 0 Å². The first kappa shape index (κ1) is 29.2. The van der Waals surface area contributed by atoms with Crippen molar-refractivity contribution in [2.45, 2.75) is 51.5 Å². The van der Waals surface area contributed by atoms with E-state index in [0.717, 1.165) is 0 Å². The fourth-order valence-electron chi connectivity index (χ4n) is 6.53. The molecule has 3 aromatic carbocycles. The monoisotopic (exact) mass is 555 g/mol. The molecule has 0 amide bonds. The fraction of sp³-hybridized carbons (Fsp3) is 0.281. The summed E-state index contributed by atoms with van der Waals surface area (Å²) in [5, 5.41) is 34.0. The van der Waals surface area contributed by atoms with Crippen LogP contribution in [0.1, 0.15) is 51.7 Å². The van der Waals surface area contributed by atoms with Crippen molar-refractivity contribution in [3.05, 3.63) is 117 Å². The summed E-state index contributed by atoms with van der Waals surface area (Å²) in [7, 11) is 0. The standard InChI is InChI=1S/C32H33N3O6/c1-5-31(4)27(30(38)39)32(6-2,24-19-13-14-20-25(24)35(40)41)26(29(36)37)21(3)34(31)28(22-15-9-7-10-16-22)33-23-17-11-8-12-18-23/h7-20,27H,5-6H2,1-4H3,(H,36,37)(H,38,39). The maximum Gasteiger partial charge on any atom is 0.334 e. The zero-order chi connectivity index (χ0) is 29.9. The molecule has 0 bridgehead atoms. The molecule has 1 aliphatic heterocycles. The van der Waals surface area contributed by atoms with Crippen LogP contribution in [-0.2, 0) is 15.0 Å². The van der Waals surface area contributed by atoms with Gasteiger partial charge < -0.3 is 15.1 Å². The van der Waals surface area contributed by atoms with Gasteiger partial charge in [-0.05, 0) is 38.8 Å². The van der Waals surface area contributed by atoms with Crippen LogP contribution in [0.2, 0.25) is 0 Å². The maximum absolute atomic E-state index is 13.4. The van der Waals surface area contributed by atoms with E-state index in [1.165, 1.54) is 18.2 Å². The number of carboxylic acid groups (broad SMARTS) is 2. The Morgan fingerprint density at radius 2 is 1.49 bits per heavy atom. The second-order valence-electron chi connectivity index (χ2n) is 10.3. The van der Waals surface area contributed by atoms with E-state index in [-0.39, 0.29) is 35.4 Å². The summed E-state index contributed by atoms with van der Waals surface area (Å²) < 4.78 is 0. The zero-order valence-electron chi connectivity index (χ0n) is 23.4. The van der Waals surface area contributed by atoms with Crippen LogP contribution in [-0.4, -0.2) is 43.3 Å². The molecule has 212 valence electrons. The van der Waals surface area contributed by atoms with Gasteiger partial charge in [0.25, 0.3) is 5.69 Å². The molecule has 9 nitrogen and oxygen atoms in total. The Labute approximate surface area is 238 Å². The lowest BCUT2D eigenvalue weighted by molar-refractivity contribution is -0.386. The number of aliphatic carboxylic acids is 2. The molecule has 9 heteroatoms. The van der Waals surface area contributed by atoms with Gasteiger partial charge in [0.15, 0.2) is 0 Å². The van der Waals surface area contributed by atoms with Crippen LogP contribution in [0.3, 0.4) is 0 Å². The van der Waals surface area contributed by atoms with Gasteiger partial charge in [-0.3, -0.25) is 14.9 Å². The molecule has 0 spiro atoms. The predicted molar refractivity (Wildman–Crippen MR) is 156 cm³/mol. The summed E-state index contributed by atoms with van der Waals surface area (Å²) in [6.07, 6.45) is 0.283. The Kier molecular flexibility index (Phi) is 8.10. The maximum atomic E-state index is 13.4. The number of amidine groups is 1. The minimum Gasteiger partial charge on any atom is -0.481 e. The molecular weight excluding hydrogens is 522 g/mol. The van der Waals surface area contributed by atoms with Crippen LogP contribution in [0.15, 0.2) is 101 Å². The molecule has 3 unspecified atom stereocenters. The van der Waals surface area contributed by atoms with E-state index in [4.69, 9.17) is 4.99 Å². The number of para-hydroxylation sites is 2. The number of hydrogen-bond acceptors (Lipinski definition) is 5. The molecule has 2 N–H and O–H groups in total. The van der Waals surface area contributed by atoms with Gasteiger partial charge in [-0.25, -0.2) is 9.79 Å². The van der Waals surface area contributed by atoms with Gasteiger partial charge in [-0.1, -0.05) is 80.6 Å². The first-order chi connectivity index (χ1) is 19.5. The highest BCUT2D eigenvalue weighted by molar-refractivity contribution is 6.04. The van der Waals surface area contributed by atoms with E-state index in [2.05, 4.69) is 0 Å². The number of rotatable bonds is 8. The summed E-state index contributed by atoms with van der Waals surface area (Å²) in [6.45, 7) is 6.94. The highest BCUT2D eigenvalue weighted by atomic mass is 16.6. The second-order valence-corrected chi connectivity index (χ2v) is 10.3. The molecule has 41 heavy (non-hydrogen) atoms. The Bertz CT molecular complexity index is 1540. The Balaban J connectivity index is 2.21. The number of carboxylic acids is 2. The number of nitrogens with zero attached hydrogens (tertiary/aromatic N) is 3. The summed E-state index contributed by atoms with van der Waals surface area (Å²) in [5.74, 6) is -3.61. The summed E-state index contributed by atoms with van der Waals surface area (Å²) in [5.41, 5.74) is -1.88. The highest BCUT2D eigenvalue weighted by Gasteiger charge is 2.64. The minimum atomic E-state index is -1.72. The first-order valence-corrected chi connectivity index (χ1v) is 13.4. The van der Waals surface area contributed by atoms with Crippen LogP contribution in [0.25, 0.3) is 0 Å². The molecular formula is C32H33N3O6. The molecule has 0 aliphatic carbocycles. The van der Waals surface area contributed by atoms with E-state index in [1.54, 1.807) is 31.7 Å². The van der Waals surface area contributed by atoms with Gasteiger partial charge in [0.05, 0.1) is 33.1 Å². The number of carbonyl (C=O) groups is 2. The number of aliphatic imine (C=N–C) groups is 1. The molecule has 0 saturated carbocycles. The van der Waals surface area contributed by atoms with Gasteiger partial charge >= 0.3 is 11.9 Å². The van der Waals surface area contributed by atoms with Crippen molar-refractivity contribution in [2.75, 3.05) is 0 Å². The molecule has 0 fully saturated rings. The van der Waals surface area contributed by atoms with Crippen molar-refractivity contribution in [1.29, 1.82) is 0 Å². The number of nitro groups is 1. The van der Waals surface area contributed by atoms with Crippen molar-refractivity contribution in [3.63, 3.8) is 0 Å². The van der Waals surface area contributed by atoms with Crippen molar-refractivity contribution < 1.29 is 24.7 Å². The lowest BCUT2D eigenvalue weighted by atomic mass is 9.54. The van der Waals surface area contributed by atoms with Gasteiger partial charge in [-0.15, -0.1) is 0 Å². The van der Waals surface area contributed by atoms with Crippen LogP contribution < -0.4 is 0 Å². The van der Waals surface area contributed by atoms with Crippen molar-refractivity contribution in [2.24, 2.45) is 10.9 Å². The molecule has 1 aliphatic rings. The Morgan fingerprint density at radius 3 is 2.00 bits per heavy atom. The molecule has 0 aromatic heterocycles. The van der Waals surface area contributed by atoms with Gasteiger partial charge in [0, 0.05) is 22.9 Å². The molecule has 1 heterocycles. The quantitative estimate of drug-likeness (QED) is 0.139. The normalized spacial score (nSPS) is 22.9. The molecule has 3 atom stereocenters. The molecule has 0 radical (unpaired) electrons. The van der Waals surface area contributed by atoms with Gasteiger partial charge in [-0.2, -0.15) is 0 Å². The minimum absolute atomic E-state index is 0.00766. The molecule has 4 rings (SSSR count). The summed E-state index contributed by atoms with van der Waals surface area (Å²) >= 11 is 0. The number of hydrogen-bond donors (Lipinski definition) is 2. The van der Waals surface area contributed by atoms with Crippen LogP contribution in [0.4, 0.5) is 11.4 Å². The van der Waals surface area contributed by atoms with Crippen LogP contribution in [0, 0.1) is 16.0 Å². The number of benzene rings is 3. The topological polar surface area (TPSA) is 133 Å². The molecule has 3 aromatic rings. The Morgan fingerprint density at radius 1 is 0.927 bits per heavy atom. The lowest BCUT2D eigenvalue weighted by Crippen LogP contribution is -2.66. The predicted octanol–water partition coefficient (Wildman–Crippen LogP) is 6.56. The summed E-state index contributed by atoms with van der Waals surface area (Å²) in [4.78, 5) is 45.0. The third-order valence-corrected chi connectivity index (χ3v) is 8.32. The highest BCUT2D eigenvalue weighted by Crippen LogP contribution is 2.57. The Hall–Kier alpha value is -4.79. The van der Waals surface area contributed by atoms with Crippen LogP contribution >= 0.6 is 0 Å². The number of nitro benzene ring substituents is 1. The zero-order valence-corrected chi connectivity index (χ0v) is 23.4. The SMILES string of the molecule is CCC1(c2ccccc2[N+](=O)[O-])C(C(=O)O)=C(C)N(C(=Nc2ccccc2)c2ccccc2)C(C)(CC)C1C(=O)O. The van der Waals surface area contributed by atoms with Gasteiger partial charge in [0.2, 0.25) is 0 Å². The van der Waals surface area contributed by atoms with E-state index in [0.29, 0.717) is 17.1 Å². The average molecular weight is 556 g/mol. The summed E-state index contributed by atoms with van der Waals surface area (Å²) in [6, 6.07) is 24.2. The van der Waals surface area contributed by atoms with E-state index >= 15 is 0 Å². The van der Waals surface area contributed by atoms with Crippen molar-refractivity contribution in [1.82, 2.24) is 4.90 Å². The third kappa shape index (κ3) is 4.77. The largest absolute Gasteiger partial charge is 0.481 e. The van der Waals surface area contributed by atoms with Crippen molar-refractivity contribution in [3.8, 4) is 0 Å². The van der Waals surface area contributed by atoms with E-state index in [1.807, 2.05) is 67.6 Å². The molecule has 0 saturated heterocycles. The fourth-order valence-corrected chi connectivity index (χ4v) is 6.53. The van der Waals surface area contributed by atoms with E-state index < -0.39 is 33.7 Å². The average Bonchev–Trinajstić information content (AvgIpc) is 2.96. The second kappa shape index (κ2) is 11.4. The van der Waals surface area contributed by atoms with E-state index in [9.17, 15) is 29.9 Å². The first-order valence-electron chi connectivity index (χ1n) is 13.4. The van der Waals surface area contributed by atoms with Gasteiger partial charge in [0.1, 0.15) is 5.84 Å². The van der Waals surface area contributed by atoms with Crippen molar-refractivity contribution >= 4 is 29.1 Å². The lowest BCUT2D eigenvalue weighted by Gasteiger charge is -2.57. The third-order valence-electron chi connectivity index (χ3n) is 8.32. The number of allylic oxidation sites excluding steroid dienone is 1. The smallest absolute Gasteiger partial charge is 0.334 e.